The van der Waals surface area contributed by atoms with E-state index in [9.17, 15) is 12.3 Å². The summed E-state index contributed by atoms with van der Waals surface area (Å²) < 4.78 is 36.6. The summed E-state index contributed by atoms with van der Waals surface area (Å²) in [5.41, 5.74) is 0.573. The molecule has 0 heterocycles. The first-order valence-electron chi connectivity index (χ1n) is 3.31. The zero-order valence-electron chi connectivity index (χ0n) is 6.41. The monoisotopic (exact) mass is 268 g/mol. The van der Waals surface area contributed by atoms with Gasteiger partial charge in [-0.2, -0.15) is 8.42 Å². The van der Waals surface area contributed by atoms with Crippen LogP contribution < -0.4 is 4.18 Å². The van der Waals surface area contributed by atoms with Gasteiger partial charge < -0.3 is 4.18 Å². The third-order valence-corrected chi connectivity index (χ3v) is 2.29. The molecule has 0 aromatic heterocycles. The largest absolute Gasteiger partial charge is 0.488 e. The molecule has 0 aliphatic rings. The van der Waals surface area contributed by atoms with Crippen LogP contribution in [0.3, 0.4) is 0 Å². The van der Waals surface area contributed by atoms with Crippen LogP contribution in [0.15, 0.2) is 24.3 Å². The van der Waals surface area contributed by atoms with Crippen LogP contribution in [0.4, 0.5) is 3.89 Å². The Kier molecular flexibility index (Phi) is 3.27. The van der Waals surface area contributed by atoms with Gasteiger partial charge in [0.1, 0.15) is 5.75 Å². The van der Waals surface area contributed by atoms with Crippen molar-refractivity contribution < 1.29 is 16.5 Å². The summed E-state index contributed by atoms with van der Waals surface area (Å²) in [4.78, 5) is 0. The number of para-hydroxylation sites is 1. The third kappa shape index (κ3) is 3.31. The average molecular weight is 269 g/mol. The molecule has 0 spiro atoms. The summed E-state index contributed by atoms with van der Waals surface area (Å²) in [6.07, 6.45) is 0. The first-order valence-corrected chi connectivity index (χ1v) is 5.74. The lowest BCUT2D eigenvalue weighted by atomic mass is 10.2. The SMILES string of the molecule is O=S(=O)(F)Oc1ccccc1CBr. The van der Waals surface area contributed by atoms with E-state index in [4.69, 9.17) is 0 Å². The number of rotatable bonds is 3. The second kappa shape index (κ2) is 4.06. The van der Waals surface area contributed by atoms with Gasteiger partial charge in [0, 0.05) is 10.9 Å². The number of alkyl halides is 1. The molecule has 0 N–H and O–H groups in total. The summed E-state index contributed by atoms with van der Waals surface area (Å²) in [7, 11) is -4.93. The quantitative estimate of drug-likeness (QED) is 0.624. The van der Waals surface area contributed by atoms with Crippen molar-refractivity contribution in [2.75, 3.05) is 0 Å². The molecule has 0 aliphatic heterocycles. The number of hydrogen-bond donors (Lipinski definition) is 0. The lowest BCUT2D eigenvalue weighted by Crippen LogP contribution is -2.02. The Morgan fingerprint density at radius 2 is 2.00 bits per heavy atom. The van der Waals surface area contributed by atoms with Gasteiger partial charge in [-0.25, -0.2) is 0 Å². The maximum atomic E-state index is 12.1. The second-order valence-corrected chi connectivity index (χ2v) is 3.73. The number of halogens is 2. The number of benzene rings is 1. The Bertz CT molecular complexity index is 390. The van der Waals surface area contributed by atoms with E-state index in [-0.39, 0.29) is 5.75 Å². The minimum Gasteiger partial charge on any atom is -0.358 e. The molecule has 1 rings (SSSR count). The van der Waals surface area contributed by atoms with Gasteiger partial charge in [0.15, 0.2) is 0 Å². The van der Waals surface area contributed by atoms with Crippen LogP contribution in [-0.2, 0) is 15.8 Å². The highest BCUT2D eigenvalue weighted by Gasteiger charge is 2.11. The zero-order chi connectivity index (χ0) is 9.90. The summed E-state index contributed by atoms with van der Waals surface area (Å²) in [5.74, 6) is 0.00174. The van der Waals surface area contributed by atoms with E-state index in [0.717, 1.165) is 0 Å². The fraction of sp³-hybridized carbons (Fsp3) is 0.143. The van der Waals surface area contributed by atoms with E-state index in [1.807, 2.05) is 0 Å². The molecule has 72 valence electrons. The maximum Gasteiger partial charge on any atom is 0.488 e. The fourth-order valence-electron chi connectivity index (χ4n) is 0.803. The minimum absolute atomic E-state index is 0.00174. The third-order valence-electron chi connectivity index (χ3n) is 1.31. The first-order chi connectivity index (χ1) is 6.03. The van der Waals surface area contributed by atoms with Crippen LogP contribution in [0.5, 0.6) is 5.75 Å². The van der Waals surface area contributed by atoms with Crippen molar-refractivity contribution in [2.45, 2.75) is 5.33 Å². The van der Waals surface area contributed by atoms with Crippen molar-refractivity contribution in [2.24, 2.45) is 0 Å². The van der Waals surface area contributed by atoms with Gasteiger partial charge in [0.25, 0.3) is 0 Å². The Morgan fingerprint density at radius 1 is 1.38 bits per heavy atom. The Hall–Kier alpha value is -0.620. The predicted molar refractivity (Wildman–Crippen MR) is 49.7 cm³/mol. The van der Waals surface area contributed by atoms with Gasteiger partial charge in [-0.3, -0.25) is 0 Å². The fourth-order valence-corrected chi connectivity index (χ4v) is 1.64. The molecule has 1 aromatic carbocycles. The molecule has 0 unspecified atom stereocenters. The first kappa shape index (κ1) is 10.5. The minimum atomic E-state index is -4.93. The molecule has 0 saturated heterocycles. The van der Waals surface area contributed by atoms with E-state index in [1.54, 1.807) is 18.2 Å². The Morgan fingerprint density at radius 3 is 2.54 bits per heavy atom. The summed E-state index contributed by atoms with van der Waals surface area (Å²) in [6, 6.07) is 6.28. The summed E-state index contributed by atoms with van der Waals surface area (Å²) in [6.45, 7) is 0. The predicted octanol–water partition coefficient (Wildman–Crippen LogP) is 2.17. The molecule has 13 heavy (non-hydrogen) atoms. The highest BCUT2D eigenvalue weighted by Crippen LogP contribution is 2.22. The van der Waals surface area contributed by atoms with Crippen LogP contribution in [0.1, 0.15) is 5.56 Å². The normalized spacial score (nSPS) is 11.2. The average Bonchev–Trinajstić information content (AvgIpc) is 2.02. The Balaban J connectivity index is 3.01. The van der Waals surface area contributed by atoms with E-state index >= 15 is 0 Å². The van der Waals surface area contributed by atoms with Gasteiger partial charge in [-0.1, -0.05) is 38.0 Å². The molecule has 0 saturated carbocycles. The van der Waals surface area contributed by atoms with Gasteiger partial charge in [0.05, 0.1) is 0 Å². The molecule has 1 aromatic rings. The van der Waals surface area contributed by atoms with E-state index in [1.165, 1.54) is 6.07 Å². The number of hydrogen-bond acceptors (Lipinski definition) is 3. The van der Waals surface area contributed by atoms with Gasteiger partial charge in [0.2, 0.25) is 0 Å². The van der Waals surface area contributed by atoms with Gasteiger partial charge in [-0.15, -0.1) is 0 Å². The van der Waals surface area contributed by atoms with Gasteiger partial charge >= 0.3 is 10.5 Å². The molecular formula is C7H6BrFO3S. The maximum absolute atomic E-state index is 12.1. The standard InChI is InChI=1S/C7H6BrFO3S/c8-5-6-3-1-2-4-7(6)12-13(9,10)11/h1-4H,5H2. The summed E-state index contributed by atoms with van der Waals surface area (Å²) >= 11 is 3.12. The van der Waals surface area contributed by atoms with Crippen LogP contribution in [0.2, 0.25) is 0 Å². The highest BCUT2D eigenvalue weighted by molar-refractivity contribution is 9.08. The van der Waals surface area contributed by atoms with Crippen molar-refractivity contribution in [1.82, 2.24) is 0 Å². The topological polar surface area (TPSA) is 43.4 Å². The molecule has 0 bridgehead atoms. The van der Waals surface area contributed by atoms with E-state index in [0.29, 0.717) is 10.9 Å². The molecule has 3 nitrogen and oxygen atoms in total. The molecule has 0 aliphatic carbocycles. The zero-order valence-corrected chi connectivity index (χ0v) is 8.81. The smallest absolute Gasteiger partial charge is 0.358 e. The molecule has 0 atom stereocenters. The highest BCUT2D eigenvalue weighted by atomic mass is 79.9. The van der Waals surface area contributed by atoms with Crippen molar-refractivity contribution in [3.63, 3.8) is 0 Å². The molecule has 0 radical (unpaired) electrons. The van der Waals surface area contributed by atoms with Crippen molar-refractivity contribution in [3.8, 4) is 5.75 Å². The van der Waals surface area contributed by atoms with Crippen LogP contribution in [0.25, 0.3) is 0 Å². The van der Waals surface area contributed by atoms with Gasteiger partial charge in [-0.05, 0) is 6.07 Å². The summed E-state index contributed by atoms with van der Waals surface area (Å²) in [5, 5.41) is 0.401. The lowest BCUT2D eigenvalue weighted by Gasteiger charge is -2.03. The molecule has 6 heteroatoms. The van der Waals surface area contributed by atoms with Crippen molar-refractivity contribution in [3.05, 3.63) is 29.8 Å². The van der Waals surface area contributed by atoms with Crippen LogP contribution in [0, 0.1) is 0 Å². The molecule has 0 fully saturated rings. The van der Waals surface area contributed by atoms with Crippen molar-refractivity contribution >= 4 is 26.4 Å². The molecular weight excluding hydrogens is 263 g/mol. The van der Waals surface area contributed by atoms with Crippen LogP contribution in [-0.4, -0.2) is 8.42 Å². The lowest BCUT2D eigenvalue weighted by molar-refractivity contribution is 0.438. The van der Waals surface area contributed by atoms with Crippen LogP contribution >= 0.6 is 15.9 Å². The van der Waals surface area contributed by atoms with E-state index in [2.05, 4.69) is 20.1 Å². The Labute approximate surface area is 84.1 Å². The van der Waals surface area contributed by atoms with E-state index < -0.39 is 10.5 Å². The second-order valence-electron chi connectivity index (χ2n) is 2.22. The van der Waals surface area contributed by atoms with Crippen molar-refractivity contribution in [1.29, 1.82) is 0 Å². The molecule has 0 amide bonds.